The Morgan fingerprint density at radius 3 is 2.82 bits per heavy atom. The molecule has 2 aromatic rings. The van der Waals surface area contributed by atoms with Gasteiger partial charge in [0.15, 0.2) is 0 Å². The average Bonchev–Trinajstić information content (AvgIpc) is 3.24. The summed E-state index contributed by atoms with van der Waals surface area (Å²) in [6.07, 6.45) is 4.18. The van der Waals surface area contributed by atoms with Gasteiger partial charge in [-0.2, -0.15) is 18.3 Å². The normalized spacial score (nSPS) is 17.4. The average molecular weight is 464 g/mol. The van der Waals surface area contributed by atoms with Crippen LogP contribution in [0.3, 0.4) is 0 Å². The fraction of sp³-hybridized carbons (Fsp3) is 0.500. The lowest BCUT2D eigenvalue weighted by Gasteiger charge is -2.32. The largest absolute Gasteiger partial charge is 0.416 e. The maximum Gasteiger partial charge on any atom is 0.416 e. The third-order valence-corrected chi connectivity index (χ3v) is 5.27. The molecular weight excluding hydrogens is 437 g/mol. The highest BCUT2D eigenvalue weighted by Crippen LogP contribution is 2.33. The number of terminal acetylenes is 1. The highest BCUT2D eigenvalue weighted by atomic mass is 19.4. The van der Waals surface area contributed by atoms with Gasteiger partial charge in [0, 0.05) is 31.4 Å². The molecule has 2 amide bonds. The van der Waals surface area contributed by atoms with Crippen molar-refractivity contribution in [1.82, 2.24) is 19.7 Å². The van der Waals surface area contributed by atoms with E-state index in [0.717, 1.165) is 17.7 Å². The van der Waals surface area contributed by atoms with E-state index in [4.69, 9.17) is 11.2 Å². The molecule has 1 aliphatic rings. The highest BCUT2D eigenvalue weighted by Gasteiger charge is 2.33. The Labute approximate surface area is 190 Å². The van der Waals surface area contributed by atoms with Crippen LogP contribution in [0.5, 0.6) is 0 Å². The number of nitrogens with one attached hydrogen (secondary N) is 1. The van der Waals surface area contributed by atoms with Crippen LogP contribution in [0.25, 0.3) is 0 Å². The molecule has 3 heterocycles. The van der Waals surface area contributed by atoms with Crippen molar-refractivity contribution in [1.29, 1.82) is 0 Å². The SMILES string of the molecule is C#CC(C)N(Cc1cnn(CC)c1)C(=O)Nc1cc(C(F)(F)F)cc(N2CCO[C@H](C)C2)n1. The molecule has 33 heavy (non-hydrogen) atoms. The molecule has 3 rings (SSSR count). The van der Waals surface area contributed by atoms with E-state index in [1.165, 1.54) is 4.90 Å². The standard InChI is InChI=1S/C22H27F3N6O2/c1-5-15(3)31(14-17-11-26-30(6-2)13-17)21(32)28-19-9-18(22(23,24)25)10-20(27-19)29-7-8-33-16(4)12-29/h1,9-11,13,15-16H,6-8,12,14H2,2-4H3,(H,27,28,32)/t15?,16-/m1/s1. The number of ether oxygens (including phenoxy) is 1. The number of aromatic nitrogens is 3. The van der Waals surface area contributed by atoms with Crippen LogP contribution in [0.1, 0.15) is 31.9 Å². The van der Waals surface area contributed by atoms with Crippen LogP contribution < -0.4 is 10.2 Å². The van der Waals surface area contributed by atoms with Gasteiger partial charge in [-0.15, -0.1) is 6.42 Å². The summed E-state index contributed by atoms with van der Waals surface area (Å²) in [6, 6.07) is 0.534. The van der Waals surface area contributed by atoms with E-state index in [-0.39, 0.29) is 24.3 Å². The second kappa shape index (κ2) is 10.1. The number of amides is 2. The summed E-state index contributed by atoms with van der Waals surface area (Å²) >= 11 is 0. The lowest BCUT2D eigenvalue weighted by molar-refractivity contribution is -0.137. The number of pyridine rings is 1. The van der Waals surface area contributed by atoms with Gasteiger partial charge >= 0.3 is 12.2 Å². The summed E-state index contributed by atoms with van der Waals surface area (Å²) in [5.74, 6) is 2.41. The summed E-state index contributed by atoms with van der Waals surface area (Å²) in [5, 5.41) is 6.67. The van der Waals surface area contributed by atoms with Crippen molar-refractivity contribution in [3.8, 4) is 12.3 Å². The van der Waals surface area contributed by atoms with Gasteiger partial charge in [0.2, 0.25) is 0 Å². The van der Waals surface area contributed by atoms with Gasteiger partial charge in [0.05, 0.1) is 37.1 Å². The molecule has 0 saturated carbocycles. The molecule has 0 aliphatic carbocycles. The Bertz CT molecular complexity index is 1020. The van der Waals surface area contributed by atoms with Crippen molar-refractivity contribution < 1.29 is 22.7 Å². The molecule has 1 unspecified atom stereocenters. The minimum Gasteiger partial charge on any atom is -0.375 e. The van der Waals surface area contributed by atoms with Crippen molar-refractivity contribution in [2.45, 2.75) is 52.2 Å². The minimum absolute atomic E-state index is 0.121. The summed E-state index contributed by atoms with van der Waals surface area (Å²) in [6.45, 7) is 7.39. The third-order valence-electron chi connectivity index (χ3n) is 5.27. The molecule has 2 aromatic heterocycles. The number of anilines is 2. The summed E-state index contributed by atoms with van der Waals surface area (Å²) < 4.78 is 47.9. The molecule has 1 saturated heterocycles. The predicted octanol–water partition coefficient (Wildman–Crippen LogP) is 3.60. The molecule has 178 valence electrons. The number of halogens is 3. The number of morpholine rings is 1. The summed E-state index contributed by atoms with van der Waals surface area (Å²) in [7, 11) is 0. The number of carbonyl (C=O) groups excluding carboxylic acids is 1. The number of rotatable bonds is 6. The lowest BCUT2D eigenvalue weighted by Crippen LogP contribution is -2.42. The zero-order chi connectivity index (χ0) is 24.2. The lowest BCUT2D eigenvalue weighted by atomic mass is 10.2. The van der Waals surface area contributed by atoms with Crippen LogP contribution in [0, 0.1) is 12.3 Å². The Hall–Kier alpha value is -3.26. The van der Waals surface area contributed by atoms with Crippen LogP contribution in [-0.2, 0) is 24.0 Å². The molecule has 11 heteroatoms. The van der Waals surface area contributed by atoms with Crippen LogP contribution in [0.4, 0.5) is 29.6 Å². The molecule has 1 N–H and O–H groups in total. The minimum atomic E-state index is -4.60. The van der Waals surface area contributed by atoms with Crippen molar-refractivity contribution >= 4 is 17.7 Å². The molecule has 0 spiro atoms. The van der Waals surface area contributed by atoms with E-state index in [2.05, 4.69) is 21.3 Å². The zero-order valence-electron chi connectivity index (χ0n) is 18.8. The number of alkyl halides is 3. The van der Waals surface area contributed by atoms with E-state index in [0.29, 0.717) is 26.2 Å². The first-order valence-corrected chi connectivity index (χ1v) is 10.6. The van der Waals surface area contributed by atoms with E-state index >= 15 is 0 Å². The molecule has 0 bridgehead atoms. The summed E-state index contributed by atoms with van der Waals surface area (Å²) in [5.41, 5.74) is -0.156. The molecule has 0 radical (unpaired) electrons. The molecule has 1 aliphatic heterocycles. The van der Waals surface area contributed by atoms with Crippen LogP contribution in [-0.4, -0.2) is 57.5 Å². The van der Waals surface area contributed by atoms with E-state index in [1.807, 2.05) is 13.8 Å². The van der Waals surface area contributed by atoms with Crippen LogP contribution >= 0.6 is 0 Å². The van der Waals surface area contributed by atoms with Crippen molar-refractivity contribution in [2.24, 2.45) is 0 Å². The van der Waals surface area contributed by atoms with Crippen molar-refractivity contribution in [2.75, 3.05) is 29.9 Å². The number of carbonyl (C=O) groups is 1. The molecule has 1 fully saturated rings. The van der Waals surface area contributed by atoms with Gasteiger partial charge in [-0.05, 0) is 32.9 Å². The fourth-order valence-electron chi connectivity index (χ4n) is 3.45. The van der Waals surface area contributed by atoms with Gasteiger partial charge in [-0.3, -0.25) is 10.00 Å². The monoisotopic (exact) mass is 464 g/mol. The van der Waals surface area contributed by atoms with Gasteiger partial charge < -0.3 is 14.5 Å². The van der Waals surface area contributed by atoms with E-state index < -0.39 is 23.8 Å². The second-order valence-corrected chi connectivity index (χ2v) is 7.83. The number of urea groups is 1. The van der Waals surface area contributed by atoms with Crippen molar-refractivity contribution in [3.05, 3.63) is 35.7 Å². The fourth-order valence-corrected chi connectivity index (χ4v) is 3.45. The molecular formula is C22H27F3N6O2. The summed E-state index contributed by atoms with van der Waals surface area (Å²) in [4.78, 5) is 20.4. The van der Waals surface area contributed by atoms with Crippen LogP contribution in [0.2, 0.25) is 0 Å². The Kier molecular flexibility index (Phi) is 7.48. The van der Waals surface area contributed by atoms with Crippen molar-refractivity contribution in [3.63, 3.8) is 0 Å². The topological polar surface area (TPSA) is 75.5 Å². The Morgan fingerprint density at radius 2 is 2.21 bits per heavy atom. The number of aryl methyl sites for hydroxylation is 1. The van der Waals surface area contributed by atoms with Gasteiger partial charge in [0.25, 0.3) is 0 Å². The third kappa shape index (κ3) is 6.16. The first kappa shape index (κ1) is 24.4. The predicted molar refractivity (Wildman–Crippen MR) is 118 cm³/mol. The number of hydrogen-bond donors (Lipinski definition) is 1. The number of hydrogen-bond acceptors (Lipinski definition) is 5. The Morgan fingerprint density at radius 1 is 1.45 bits per heavy atom. The quantitative estimate of drug-likeness (QED) is 0.662. The van der Waals surface area contributed by atoms with E-state index in [1.54, 1.807) is 28.9 Å². The van der Waals surface area contributed by atoms with Gasteiger partial charge in [0.1, 0.15) is 11.6 Å². The molecule has 2 atom stereocenters. The van der Waals surface area contributed by atoms with Gasteiger partial charge in [-0.1, -0.05) is 5.92 Å². The maximum atomic E-state index is 13.6. The number of nitrogens with zero attached hydrogens (tertiary/aromatic N) is 5. The smallest absolute Gasteiger partial charge is 0.375 e. The van der Waals surface area contributed by atoms with E-state index in [9.17, 15) is 18.0 Å². The second-order valence-electron chi connectivity index (χ2n) is 7.83. The molecule has 0 aromatic carbocycles. The maximum absolute atomic E-state index is 13.6. The zero-order valence-corrected chi connectivity index (χ0v) is 18.8. The van der Waals surface area contributed by atoms with Gasteiger partial charge in [-0.25, -0.2) is 9.78 Å². The first-order chi connectivity index (χ1) is 15.6. The van der Waals surface area contributed by atoms with Crippen LogP contribution in [0.15, 0.2) is 24.5 Å². The highest BCUT2D eigenvalue weighted by molar-refractivity contribution is 5.89. The molecule has 8 nitrogen and oxygen atoms in total. The Balaban J connectivity index is 1.87. The first-order valence-electron chi connectivity index (χ1n) is 10.6.